The summed E-state index contributed by atoms with van der Waals surface area (Å²) >= 11 is 0. The number of benzene rings is 3. The van der Waals surface area contributed by atoms with Crippen LogP contribution in [0.5, 0.6) is 0 Å². The molecule has 0 saturated carbocycles. The molecule has 3 aromatic rings. The van der Waals surface area contributed by atoms with E-state index in [4.69, 9.17) is 4.74 Å². The molecule has 1 N–H and O–H groups in total. The number of hydrogen-bond donors (Lipinski definition) is 1. The number of anilines is 1. The van der Waals surface area contributed by atoms with E-state index in [0.29, 0.717) is 16.8 Å². The van der Waals surface area contributed by atoms with Crippen molar-refractivity contribution in [3.63, 3.8) is 0 Å². The Hall–Kier alpha value is -4.00. The molecule has 0 aromatic heterocycles. The zero-order valence-electron chi connectivity index (χ0n) is 17.5. The molecule has 7 nitrogen and oxygen atoms in total. The summed E-state index contributed by atoms with van der Waals surface area (Å²) in [6, 6.07) is 20.0. The Morgan fingerprint density at radius 3 is 2.22 bits per heavy atom. The lowest BCUT2D eigenvalue weighted by Gasteiger charge is -2.15. The third-order valence-electron chi connectivity index (χ3n) is 5.34. The van der Waals surface area contributed by atoms with Crippen LogP contribution in [0.1, 0.15) is 40.5 Å². The summed E-state index contributed by atoms with van der Waals surface area (Å²) < 4.78 is 5.21. The molecule has 1 aliphatic heterocycles. The summed E-state index contributed by atoms with van der Waals surface area (Å²) in [5.41, 5.74) is 1.36. The standard InChI is InChI=1S/C25H22N2O5/c1-16(23(29)26-19-13-12-17-7-2-3-8-18(17)15-19)32-22(28)11-6-14-27-24(30)20-9-4-5-10-21(20)25(27)31/h2-5,7-10,12-13,15-16H,6,11,14H2,1H3,(H,26,29). The molecule has 3 amide bonds. The summed E-state index contributed by atoms with van der Waals surface area (Å²) in [4.78, 5) is 50.4. The number of nitrogens with one attached hydrogen (secondary N) is 1. The summed E-state index contributed by atoms with van der Waals surface area (Å²) in [5, 5.41) is 4.80. The molecular formula is C25H22N2O5. The van der Waals surface area contributed by atoms with E-state index in [1.165, 1.54) is 6.92 Å². The van der Waals surface area contributed by atoms with E-state index < -0.39 is 18.0 Å². The van der Waals surface area contributed by atoms with E-state index in [2.05, 4.69) is 5.32 Å². The average molecular weight is 430 g/mol. The van der Waals surface area contributed by atoms with Crippen molar-refractivity contribution in [3.05, 3.63) is 77.9 Å². The van der Waals surface area contributed by atoms with Crippen LogP contribution in [0.3, 0.4) is 0 Å². The van der Waals surface area contributed by atoms with Crippen LogP contribution in [0, 0.1) is 0 Å². The van der Waals surface area contributed by atoms with Gasteiger partial charge < -0.3 is 10.1 Å². The number of amides is 3. The molecule has 0 aliphatic carbocycles. The Bertz CT molecular complexity index is 1180. The van der Waals surface area contributed by atoms with Gasteiger partial charge in [-0.1, -0.05) is 42.5 Å². The average Bonchev–Trinajstić information content (AvgIpc) is 3.04. The Labute approximate surface area is 185 Å². The van der Waals surface area contributed by atoms with Crippen molar-refractivity contribution in [1.29, 1.82) is 0 Å². The summed E-state index contributed by atoms with van der Waals surface area (Å²) in [5.74, 6) is -1.72. The van der Waals surface area contributed by atoms with Crippen molar-refractivity contribution >= 4 is 40.2 Å². The number of carbonyl (C=O) groups is 4. The van der Waals surface area contributed by atoms with E-state index in [0.717, 1.165) is 15.7 Å². The first-order valence-corrected chi connectivity index (χ1v) is 10.4. The molecule has 32 heavy (non-hydrogen) atoms. The molecule has 0 spiro atoms. The predicted molar refractivity (Wildman–Crippen MR) is 119 cm³/mol. The number of hydrogen-bond acceptors (Lipinski definition) is 5. The molecule has 7 heteroatoms. The highest BCUT2D eigenvalue weighted by Gasteiger charge is 2.34. The zero-order chi connectivity index (χ0) is 22.7. The van der Waals surface area contributed by atoms with Gasteiger partial charge in [0, 0.05) is 18.7 Å². The van der Waals surface area contributed by atoms with Gasteiger partial charge in [-0.2, -0.15) is 0 Å². The largest absolute Gasteiger partial charge is 0.453 e. The topological polar surface area (TPSA) is 92.8 Å². The molecule has 4 rings (SSSR count). The van der Waals surface area contributed by atoms with Crippen LogP contribution in [0.2, 0.25) is 0 Å². The second-order valence-electron chi connectivity index (χ2n) is 7.59. The molecule has 162 valence electrons. The number of carbonyl (C=O) groups excluding carboxylic acids is 4. The van der Waals surface area contributed by atoms with Gasteiger partial charge in [-0.3, -0.25) is 24.1 Å². The zero-order valence-corrected chi connectivity index (χ0v) is 17.5. The smallest absolute Gasteiger partial charge is 0.306 e. The number of rotatable bonds is 7. The lowest BCUT2D eigenvalue weighted by molar-refractivity contribution is -0.153. The second-order valence-corrected chi connectivity index (χ2v) is 7.59. The van der Waals surface area contributed by atoms with Crippen molar-refractivity contribution in [2.24, 2.45) is 0 Å². The third-order valence-corrected chi connectivity index (χ3v) is 5.34. The fourth-order valence-corrected chi connectivity index (χ4v) is 3.64. The van der Waals surface area contributed by atoms with Crippen LogP contribution < -0.4 is 5.32 Å². The van der Waals surface area contributed by atoms with Gasteiger partial charge in [-0.25, -0.2) is 0 Å². The lowest BCUT2D eigenvalue weighted by atomic mass is 10.1. The Morgan fingerprint density at radius 1 is 0.906 bits per heavy atom. The number of nitrogens with zero attached hydrogens (tertiary/aromatic N) is 1. The van der Waals surface area contributed by atoms with Gasteiger partial charge in [-0.05, 0) is 48.4 Å². The SMILES string of the molecule is CC(OC(=O)CCCN1C(=O)c2ccccc2C1=O)C(=O)Nc1ccc2ccccc2c1. The van der Waals surface area contributed by atoms with Crippen LogP contribution in [-0.4, -0.2) is 41.2 Å². The molecule has 1 atom stereocenters. The van der Waals surface area contributed by atoms with E-state index in [1.807, 2.05) is 36.4 Å². The van der Waals surface area contributed by atoms with E-state index in [9.17, 15) is 19.2 Å². The molecule has 1 unspecified atom stereocenters. The first kappa shape index (κ1) is 21.2. The van der Waals surface area contributed by atoms with Gasteiger partial charge in [-0.15, -0.1) is 0 Å². The summed E-state index contributed by atoms with van der Waals surface area (Å²) in [6.07, 6.45) is -0.738. The Balaban J connectivity index is 1.25. The second kappa shape index (κ2) is 9.01. The van der Waals surface area contributed by atoms with Crippen molar-refractivity contribution in [3.8, 4) is 0 Å². The molecular weight excluding hydrogens is 408 g/mol. The highest BCUT2D eigenvalue weighted by atomic mass is 16.5. The molecule has 0 fully saturated rings. The summed E-state index contributed by atoms with van der Waals surface area (Å²) in [7, 11) is 0. The van der Waals surface area contributed by atoms with E-state index >= 15 is 0 Å². The quantitative estimate of drug-likeness (QED) is 0.455. The Morgan fingerprint density at radius 2 is 1.53 bits per heavy atom. The molecule has 0 saturated heterocycles. The van der Waals surface area contributed by atoms with Gasteiger partial charge in [0.15, 0.2) is 6.10 Å². The first-order valence-electron chi connectivity index (χ1n) is 10.4. The molecule has 3 aromatic carbocycles. The van der Waals surface area contributed by atoms with Crippen LogP contribution in [0.4, 0.5) is 5.69 Å². The van der Waals surface area contributed by atoms with Crippen molar-refractivity contribution in [1.82, 2.24) is 4.90 Å². The Kier molecular flexibility index (Phi) is 5.98. The maximum absolute atomic E-state index is 12.4. The van der Waals surface area contributed by atoms with Gasteiger partial charge in [0.2, 0.25) is 0 Å². The number of ether oxygens (including phenoxy) is 1. The van der Waals surface area contributed by atoms with E-state index in [1.54, 1.807) is 30.3 Å². The minimum atomic E-state index is -0.978. The molecule has 1 heterocycles. The highest BCUT2D eigenvalue weighted by Crippen LogP contribution is 2.23. The first-order chi connectivity index (χ1) is 15.4. The van der Waals surface area contributed by atoms with Gasteiger partial charge in [0.1, 0.15) is 0 Å². The van der Waals surface area contributed by atoms with E-state index in [-0.39, 0.29) is 31.2 Å². The van der Waals surface area contributed by atoms with Gasteiger partial charge in [0.25, 0.3) is 17.7 Å². The predicted octanol–water partition coefficient (Wildman–Crippen LogP) is 3.79. The van der Waals surface area contributed by atoms with Crippen LogP contribution in [0.15, 0.2) is 66.7 Å². The minimum absolute atomic E-state index is 0.0129. The van der Waals surface area contributed by atoms with Gasteiger partial charge in [0.05, 0.1) is 11.1 Å². The van der Waals surface area contributed by atoms with Gasteiger partial charge >= 0.3 is 5.97 Å². The van der Waals surface area contributed by atoms with Crippen LogP contribution in [-0.2, 0) is 14.3 Å². The molecule has 0 bridgehead atoms. The number of imide groups is 1. The maximum atomic E-state index is 12.4. The summed E-state index contributed by atoms with van der Waals surface area (Å²) in [6.45, 7) is 1.61. The van der Waals surface area contributed by atoms with Crippen molar-refractivity contribution in [2.75, 3.05) is 11.9 Å². The van der Waals surface area contributed by atoms with Crippen LogP contribution >= 0.6 is 0 Å². The minimum Gasteiger partial charge on any atom is -0.453 e. The van der Waals surface area contributed by atoms with Crippen molar-refractivity contribution < 1.29 is 23.9 Å². The number of esters is 1. The highest BCUT2D eigenvalue weighted by molar-refractivity contribution is 6.21. The number of fused-ring (bicyclic) bond motifs is 2. The third kappa shape index (κ3) is 4.37. The lowest BCUT2D eigenvalue weighted by Crippen LogP contribution is -2.32. The maximum Gasteiger partial charge on any atom is 0.306 e. The monoisotopic (exact) mass is 430 g/mol. The van der Waals surface area contributed by atoms with Crippen LogP contribution in [0.25, 0.3) is 10.8 Å². The fourth-order valence-electron chi connectivity index (χ4n) is 3.64. The normalized spacial score (nSPS) is 13.7. The fraction of sp³-hybridized carbons (Fsp3) is 0.200. The van der Waals surface area contributed by atoms with Crippen molar-refractivity contribution in [2.45, 2.75) is 25.9 Å². The molecule has 0 radical (unpaired) electrons. The molecule has 1 aliphatic rings.